The maximum Gasteiger partial charge on any atom is 0.337 e. The second-order valence-electron chi connectivity index (χ2n) is 4.85. The predicted molar refractivity (Wildman–Crippen MR) is 87.7 cm³/mol. The van der Waals surface area contributed by atoms with Gasteiger partial charge in [0.05, 0.1) is 39.1 Å². The summed E-state index contributed by atoms with van der Waals surface area (Å²) in [5, 5.41) is 1.52. The van der Waals surface area contributed by atoms with Gasteiger partial charge < -0.3 is 19.2 Å². The topological polar surface area (TPSA) is 74.0 Å². The SMILES string of the molecule is COC(=O)c1ccc(OC)c(N(N)Cc2ccc(OC)cc2)c1. The molecule has 0 heterocycles. The number of carbonyl (C=O) groups is 1. The zero-order chi connectivity index (χ0) is 16.8. The molecule has 0 aliphatic carbocycles. The van der Waals surface area contributed by atoms with Crippen LogP contribution in [0.4, 0.5) is 5.69 Å². The van der Waals surface area contributed by atoms with Gasteiger partial charge in [0.1, 0.15) is 11.5 Å². The second kappa shape index (κ2) is 7.51. The van der Waals surface area contributed by atoms with Crippen LogP contribution in [0.3, 0.4) is 0 Å². The van der Waals surface area contributed by atoms with E-state index in [9.17, 15) is 4.79 Å². The summed E-state index contributed by atoms with van der Waals surface area (Å²) < 4.78 is 15.2. The van der Waals surface area contributed by atoms with Crippen LogP contribution < -0.4 is 20.3 Å². The molecular weight excluding hydrogens is 296 g/mol. The van der Waals surface area contributed by atoms with E-state index in [1.807, 2.05) is 24.3 Å². The smallest absolute Gasteiger partial charge is 0.337 e. The van der Waals surface area contributed by atoms with Gasteiger partial charge in [0.25, 0.3) is 0 Å². The van der Waals surface area contributed by atoms with E-state index < -0.39 is 5.97 Å². The monoisotopic (exact) mass is 316 g/mol. The van der Waals surface area contributed by atoms with E-state index in [0.29, 0.717) is 23.5 Å². The number of nitrogens with zero attached hydrogens (tertiary/aromatic N) is 1. The molecule has 122 valence electrons. The molecule has 0 saturated heterocycles. The number of rotatable bonds is 6. The minimum absolute atomic E-state index is 0.411. The molecular formula is C17H20N2O4. The largest absolute Gasteiger partial charge is 0.497 e. The van der Waals surface area contributed by atoms with Crippen LogP contribution in [0, 0.1) is 0 Å². The van der Waals surface area contributed by atoms with Gasteiger partial charge in [-0.15, -0.1) is 0 Å². The summed E-state index contributed by atoms with van der Waals surface area (Å²) in [4.78, 5) is 11.7. The molecule has 0 radical (unpaired) electrons. The van der Waals surface area contributed by atoms with Crippen LogP contribution in [-0.4, -0.2) is 27.3 Å². The highest BCUT2D eigenvalue weighted by Gasteiger charge is 2.14. The Hall–Kier alpha value is -2.73. The number of ether oxygens (including phenoxy) is 3. The summed E-state index contributed by atoms with van der Waals surface area (Å²) in [6.07, 6.45) is 0. The third kappa shape index (κ3) is 3.92. The van der Waals surface area contributed by atoms with Crippen LogP contribution in [0.25, 0.3) is 0 Å². The number of esters is 1. The van der Waals surface area contributed by atoms with Crippen molar-refractivity contribution in [2.45, 2.75) is 6.54 Å². The van der Waals surface area contributed by atoms with Gasteiger partial charge in [-0.2, -0.15) is 0 Å². The molecule has 0 amide bonds. The predicted octanol–water partition coefficient (Wildman–Crippen LogP) is 2.37. The van der Waals surface area contributed by atoms with Crippen LogP contribution in [0.15, 0.2) is 42.5 Å². The van der Waals surface area contributed by atoms with Crippen molar-refractivity contribution in [2.75, 3.05) is 26.3 Å². The summed E-state index contributed by atoms with van der Waals surface area (Å²) in [6, 6.07) is 12.6. The van der Waals surface area contributed by atoms with Crippen molar-refractivity contribution in [1.82, 2.24) is 0 Å². The highest BCUT2D eigenvalue weighted by molar-refractivity contribution is 5.91. The zero-order valence-electron chi connectivity index (χ0n) is 13.4. The molecule has 0 fully saturated rings. The normalized spacial score (nSPS) is 10.1. The van der Waals surface area contributed by atoms with E-state index in [-0.39, 0.29) is 0 Å². The van der Waals surface area contributed by atoms with Gasteiger partial charge in [0.15, 0.2) is 0 Å². The average Bonchev–Trinajstić information content (AvgIpc) is 2.61. The highest BCUT2D eigenvalue weighted by atomic mass is 16.5. The molecule has 2 aromatic carbocycles. The summed E-state index contributed by atoms with van der Waals surface area (Å²) in [7, 11) is 4.51. The molecule has 2 N–H and O–H groups in total. The van der Waals surface area contributed by atoms with Gasteiger partial charge in [-0.25, -0.2) is 10.6 Å². The van der Waals surface area contributed by atoms with Crippen LogP contribution in [0.2, 0.25) is 0 Å². The molecule has 6 nitrogen and oxygen atoms in total. The van der Waals surface area contributed by atoms with Crippen molar-refractivity contribution < 1.29 is 19.0 Å². The summed E-state index contributed by atoms with van der Waals surface area (Å²) >= 11 is 0. The average molecular weight is 316 g/mol. The van der Waals surface area contributed by atoms with Crippen molar-refractivity contribution in [3.63, 3.8) is 0 Å². The van der Waals surface area contributed by atoms with Gasteiger partial charge in [-0.3, -0.25) is 0 Å². The molecule has 0 aliphatic rings. The second-order valence-corrected chi connectivity index (χ2v) is 4.85. The lowest BCUT2D eigenvalue weighted by Crippen LogP contribution is -2.30. The molecule has 0 unspecified atom stereocenters. The first-order valence-electron chi connectivity index (χ1n) is 7.00. The molecule has 2 aromatic rings. The molecule has 0 aromatic heterocycles. The Labute approximate surface area is 135 Å². The molecule has 6 heteroatoms. The fourth-order valence-electron chi connectivity index (χ4n) is 2.17. The molecule has 0 aliphatic heterocycles. The van der Waals surface area contributed by atoms with Crippen LogP contribution in [0.5, 0.6) is 11.5 Å². The van der Waals surface area contributed by atoms with Crippen LogP contribution in [-0.2, 0) is 11.3 Å². The molecule has 0 atom stereocenters. The zero-order valence-corrected chi connectivity index (χ0v) is 13.4. The number of hydrogen-bond acceptors (Lipinski definition) is 6. The Kier molecular flexibility index (Phi) is 5.43. The Morgan fingerprint density at radius 2 is 1.74 bits per heavy atom. The number of carbonyl (C=O) groups excluding carboxylic acids is 1. The summed E-state index contributed by atoms with van der Waals surface area (Å²) in [5.74, 6) is 7.09. The van der Waals surface area contributed by atoms with Gasteiger partial charge >= 0.3 is 5.97 Å². The lowest BCUT2D eigenvalue weighted by atomic mass is 10.1. The van der Waals surface area contributed by atoms with Gasteiger partial charge in [-0.05, 0) is 35.9 Å². The Bertz CT molecular complexity index is 671. The van der Waals surface area contributed by atoms with Gasteiger partial charge in [0, 0.05) is 0 Å². The number of benzene rings is 2. The lowest BCUT2D eigenvalue weighted by molar-refractivity contribution is 0.0600. The maximum absolute atomic E-state index is 11.7. The van der Waals surface area contributed by atoms with E-state index in [2.05, 4.69) is 0 Å². The van der Waals surface area contributed by atoms with Crippen molar-refractivity contribution in [3.8, 4) is 11.5 Å². The van der Waals surface area contributed by atoms with E-state index in [1.54, 1.807) is 32.4 Å². The van der Waals surface area contributed by atoms with Crippen LogP contribution in [0.1, 0.15) is 15.9 Å². The van der Waals surface area contributed by atoms with E-state index in [0.717, 1.165) is 11.3 Å². The van der Waals surface area contributed by atoms with Crippen LogP contribution >= 0.6 is 0 Å². The first kappa shape index (κ1) is 16.6. The number of methoxy groups -OCH3 is 3. The van der Waals surface area contributed by atoms with Crippen molar-refractivity contribution in [3.05, 3.63) is 53.6 Å². The number of hydrazine groups is 1. The molecule has 0 spiro atoms. The standard InChI is InChI=1S/C17H20N2O4/c1-21-14-7-4-12(5-8-14)11-19(18)15-10-13(17(20)23-3)6-9-16(15)22-2/h4-10H,11,18H2,1-3H3. The fraction of sp³-hybridized carbons (Fsp3) is 0.235. The number of nitrogens with two attached hydrogens (primary N) is 1. The third-order valence-corrected chi connectivity index (χ3v) is 3.42. The highest BCUT2D eigenvalue weighted by Crippen LogP contribution is 2.29. The maximum atomic E-state index is 11.7. The molecule has 23 heavy (non-hydrogen) atoms. The first-order chi connectivity index (χ1) is 11.1. The Morgan fingerprint density at radius 3 is 2.30 bits per heavy atom. The Balaban J connectivity index is 2.25. The van der Waals surface area contributed by atoms with Crippen molar-refractivity contribution >= 4 is 11.7 Å². The summed E-state index contributed by atoms with van der Waals surface area (Å²) in [5.41, 5.74) is 2.01. The molecule has 2 rings (SSSR count). The summed E-state index contributed by atoms with van der Waals surface area (Å²) in [6.45, 7) is 0.449. The first-order valence-corrected chi connectivity index (χ1v) is 7.00. The van der Waals surface area contributed by atoms with Gasteiger partial charge in [0.2, 0.25) is 0 Å². The minimum Gasteiger partial charge on any atom is -0.497 e. The number of anilines is 1. The minimum atomic E-state index is -0.424. The molecule has 0 saturated carbocycles. The number of hydrogen-bond donors (Lipinski definition) is 1. The van der Waals surface area contributed by atoms with Crippen molar-refractivity contribution in [2.24, 2.45) is 5.84 Å². The van der Waals surface area contributed by atoms with E-state index in [1.165, 1.54) is 12.1 Å². The van der Waals surface area contributed by atoms with E-state index in [4.69, 9.17) is 20.1 Å². The van der Waals surface area contributed by atoms with Gasteiger partial charge in [-0.1, -0.05) is 12.1 Å². The fourth-order valence-corrected chi connectivity index (χ4v) is 2.17. The quantitative estimate of drug-likeness (QED) is 0.501. The van der Waals surface area contributed by atoms with Crippen molar-refractivity contribution in [1.29, 1.82) is 0 Å². The molecule has 0 bridgehead atoms. The third-order valence-electron chi connectivity index (χ3n) is 3.42. The Morgan fingerprint density at radius 1 is 1.04 bits per heavy atom. The van der Waals surface area contributed by atoms with E-state index >= 15 is 0 Å². The lowest BCUT2D eigenvalue weighted by Gasteiger charge is -2.22.